The summed E-state index contributed by atoms with van der Waals surface area (Å²) < 4.78 is 4.82. The van der Waals surface area contributed by atoms with Gasteiger partial charge in [-0.25, -0.2) is 0 Å². The third-order valence-electron chi connectivity index (χ3n) is 5.63. The van der Waals surface area contributed by atoms with Gasteiger partial charge in [-0.3, -0.25) is 9.59 Å². The van der Waals surface area contributed by atoms with E-state index in [0.717, 1.165) is 18.7 Å². The number of carbonyl (C=O) groups excluding carboxylic acids is 2. The fraction of sp³-hybridized carbons (Fsp3) is 0.500. The molecule has 0 unspecified atom stereocenters. The lowest BCUT2D eigenvalue weighted by molar-refractivity contribution is -0.141. The van der Waals surface area contributed by atoms with Gasteiger partial charge in [0.2, 0.25) is 0 Å². The third kappa shape index (κ3) is 11.1. The number of esters is 1. The lowest BCUT2D eigenvalue weighted by Crippen LogP contribution is -2.11. The highest BCUT2D eigenvalue weighted by Crippen LogP contribution is 2.14. The topological polar surface area (TPSA) is 55.4 Å². The quantitative estimate of drug-likeness (QED) is 0.125. The Balaban J connectivity index is 1.43. The van der Waals surface area contributed by atoms with Gasteiger partial charge < -0.3 is 10.1 Å². The molecule has 0 saturated heterocycles. The first-order valence-electron chi connectivity index (χ1n) is 12.3. The Bertz CT molecular complexity index is 771. The van der Waals surface area contributed by atoms with Crippen molar-refractivity contribution >= 4 is 17.4 Å². The van der Waals surface area contributed by atoms with Crippen LogP contribution in [0, 0.1) is 0 Å². The average molecular weight is 438 g/mol. The molecule has 0 spiro atoms. The van der Waals surface area contributed by atoms with Gasteiger partial charge in [-0.1, -0.05) is 75.3 Å². The van der Waals surface area contributed by atoms with Gasteiger partial charge in [-0.2, -0.15) is 0 Å². The van der Waals surface area contributed by atoms with Gasteiger partial charge in [-0.05, 0) is 56.0 Å². The van der Waals surface area contributed by atoms with Crippen LogP contribution < -0.4 is 5.32 Å². The molecule has 0 fully saturated rings. The summed E-state index contributed by atoms with van der Waals surface area (Å²) in [5.41, 5.74) is 3.01. The zero-order valence-corrected chi connectivity index (χ0v) is 19.6. The van der Waals surface area contributed by atoms with E-state index in [9.17, 15) is 9.59 Å². The van der Waals surface area contributed by atoms with E-state index in [0.29, 0.717) is 12.2 Å². The molecule has 0 atom stereocenters. The van der Waals surface area contributed by atoms with Crippen molar-refractivity contribution in [2.45, 2.75) is 77.6 Å². The van der Waals surface area contributed by atoms with Crippen LogP contribution in [0.5, 0.6) is 0 Å². The molecule has 0 saturated carbocycles. The zero-order valence-electron chi connectivity index (χ0n) is 19.6. The average Bonchev–Trinajstić information content (AvgIpc) is 2.81. The van der Waals surface area contributed by atoms with Crippen LogP contribution >= 0.6 is 0 Å². The summed E-state index contributed by atoms with van der Waals surface area (Å²) in [6, 6.07) is 18.1. The second-order valence-electron chi connectivity index (χ2n) is 8.33. The predicted octanol–water partition coefficient (Wildman–Crippen LogP) is 6.99. The number of rotatable bonds is 17. The molecule has 2 aromatic rings. The van der Waals surface area contributed by atoms with Crippen molar-refractivity contribution in [1.29, 1.82) is 0 Å². The molecular formula is C28H39NO3. The highest BCUT2D eigenvalue weighted by atomic mass is 16.5. The van der Waals surface area contributed by atoms with Crippen molar-refractivity contribution in [3.8, 4) is 0 Å². The molecule has 0 heterocycles. The number of unbranched alkanes of at least 4 members (excludes halogenated alkanes) is 8. The normalized spacial score (nSPS) is 10.7. The Morgan fingerprint density at radius 3 is 1.97 bits per heavy atom. The van der Waals surface area contributed by atoms with Gasteiger partial charge >= 0.3 is 5.97 Å². The molecular weight excluding hydrogens is 398 g/mol. The van der Waals surface area contributed by atoms with Gasteiger partial charge in [0.1, 0.15) is 6.42 Å². The van der Waals surface area contributed by atoms with Gasteiger partial charge in [0.15, 0.2) is 5.78 Å². The van der Waals surface area contributed by atoms with E-state index in [2.05, 4.69) is 35.6 Å². The molecule has 2 rings (SSSR count). The maximum absolute atomic E-state index is 12.0. The van der Waals surface area contributed by atoms with E-state index < -0.39 is 5.97 Å². The second-order valence-corrected chi connectivity index (χ2v) is 8.33. The zero-order chi connectivity index (χ0) is 22.9. The van der Waals surface area contributed by atoms with Crippen LogP contribution in [0.2, 0.25) is 0 Å². The summed E-state index contributed by atoms with van der Waals surface area (Å²) in [4.78, 5) is 23.5. The number of anilines is 1. The van der Waals surface area contributed by atoms with Crippen LogP contribution in [-0.2, 0) is 16.0 Å². The molecule has 0 aliphatic rings. The number of Topliss-reactive ketones (excluding diaryl/α,β-unsaturated/α-hetero) is 1. The van der Waals surface area contributed by atoms with Crippen molar-refractivity contribution in [3.05, 3.63) is 65.7 Å². The van der Waals surface area contributed by atoms with Crippen molar-refractivity contribution in [2.75, 3.05) is 18.5 Å². The van der Waals surface area contributed by atoms with Crippen LogP contribution in [0.15, 0.2) is 54.6 Å². The Hall–Kier alpha value is -2.62. The van der Waals surface area contributed by atoms with Gasteiger partial charge in [0.25, 0.3) is 0 Å². The SMILES string of the molecule is CCOC(=O)CC(=O)c1ccc(NCCCCCCCCCCCc2ccccc2)cc1. The first kappa shape index (κ1) is 25.6. The minimum atomic E-state index is -0.470. The molecule has 0 aliphatic carbocycles. The summed E-state index contributed by atoms with van der Waals surface area (Å²) in [6.45, 7) is 2.97. The molecule has 1 N–H and O–H groups in total. The van der Waals surface area contributed by atoms with Gasteiger partial charge in [0.05, 0.1) is 6.61 Å². The molecule has 0 bridgehead atoms. The van der Waals surface area contributed by atoms with E-state index in [4.69, 9.17) is 4.74 Å². The van der Waals surface area contributed by atoms with Crippen LogP contribution in [0.25, 0.3) is 0 Å². The molecule has 0 aliphatic heterocycles. The van der Waals surface area contributed by atoms with Crippen molar-refractivity contribution in [2.24, 2.45) is 0 Å². The number of benzene rings is 2. The standard InChI is InChI=1S/C28H39NO3/c1-2-32-28(31)23-27(30)25-18-20-26(21-19-25)29-22-14-9-7-5-3-4-6-8-11-15-24-16-12-10-13-17-24/h10,12-13,16-21,29H,2-9,11,14-15,22-23H2,1H3. The van der Waals surface area contributed by atoms with Crippen LogP contribution in [-0.4, -0.2) is 24.9 Å². The Kier molecular flexibility index (Phi) is 12.9. The van der Waals surface area contributed by atoms with Crippen molar-refractivity contribution in [1.82, 2.24) is 0 Å². The molecule has 0 aromatic heterocycles. The van der Waals surface area contributed by atoms with Crippen molar-refractivity contribution < 1.29 is 14.3 Å². The number of ketones is 1. The molecule has 0 amide bonds. The van der Waals surface area contributed by atoms with Gasteiger partial charge in [0, 0.05) is 17.8 Å². The summed E-state index contributed by atoms with van der Waals surface area (Å²) in [7, 11) is 0. The molecule has 2 aromatic carbocycles. The number of carbonyl (C=O) groups is 2. The van der Waals surface area contributed by atoms with E-state index in [1.54, 1.807) is 19.1 Å². The molecule has 4 nitrogen and oxygen atoms in total. The highest BCUT2D eigenvalue weighted by Gasteiger charge is 2.12. The Morgan fingerprint density at radius 2 is 1.34 bits per heavy atom. The van der Waals surface area contributed by atoms with E-state index in [1.807, 2.05) is 12.1 Å². The maximum atomic E-state index is 12.0. The van der Waals surface area contributed by atoms with Crippen LogP contribution in [0.4, 0.5) is 5.69 Å². The number of nitrogens with one attached hydrogen (secondary N) is 1. The fourth-order valence-electron chi connectivity index (χ4n) is 3.79. The maximum Gasteiger partial charge on any atom is 0.313 e. The lowest BCUT2D eigenvalue weighted by Gasteiger charge is -2.08. The van der Waals surface area contributed by atoms with E-state index in [-0.39, 0.29) is 12.2 Å². The number of hydrogen-bond acceptors (Lipinski definition) is 4. The molecule has 174 valence electrons. The predicted molar refractivity (Wildman–Crippen MR) is 132 cm³/mol. The number of aryl methyl sites for hydroxylation is 1. The highest BCUT2D eigenvalue weighted by molar-refractivity contribution is 6.06. The Morgan fingerprint density at radius 1 is 0.750 bits per heavy atom. The summed E-state index contributed by atoms with van der Waals surface area (Å²) >= 11 is 0. The molecule has 4 heteroatoms. The van der Waals surface area contributed by atoms with Gasteiger partial charge in [-0.15, -0.1) is 0 Å². The number of ether oxygens (including phenoxy) is 1. The van der Waals surface area contributed by atoms with E-state index >= 15 is 0 Å². The molecule has 32 heavy (non-hydrogen) atoms. The fourth-order valence-corrected chi connectivity index (χ4v) is 3.79. The van der Waals surface area contributed by atoms with E-state index in [1.165, 1.54) is 63.4 Å². The lowest BCUT2D eigenvalue weighted by atomic mass is 10.0. The number of hydrogen-bond donors (Lipinski definition) is 1. The van der Waals surface area contributed by atoms with Crippen LogP contribution in [0.3, 0.4) is 0 Å². The first-order valence-corrected chi connectivity index (χ1v) is 12.3. The Labute approximate surface area is 193 Å². The summed E-state index contributed by atoms with van der Waals surface area (Å²) in [6.07, 6.45) is 12.7. The minimum absolute atomic E-state index is 0.200. The van der Waals surface area contributed by atoms with Crippen LogP contribution in [0.1, 0.15) is 87.1 Å². The third-order valence-corrected chi connectivity index (χ3v) is 5.63. The smallest absolute Gasteiger partial charge is 0.313 e. The summed E-state index contributed by atoms with van der Waals surface area (Å²) in [5.74, 6) is -0.672. The first-order chi connectivity index (χ1) is 15.7. The monoisotopic (exact) mass is 437 g/mol. The van der Waals surface area contributed by atoms with Crippen molar-refractivity contribution in [3.63, 3.8) is 0 Å². The minimum Gasteiger partial charge on any atom is -0.466 e. The summed E-state index contributed by atoms with van der Waals surface area (Å²) in [5, 5.41) is 3.41. The second kappa shape index (κ2) is 16.1. The largest absolute Gasteiger partial charge is 0.466 e. The molecule has 0 radical (unpaired) electrons.